The molecule has 1 unspecified atom stereocenters. The summed E-state index contributed by atoms with van der Waals surface area (Å²) in [7, 11) is 0.327. The summed E-state index contributed by atoms with van der Waals surface area (Å²) >= 11 is 0. The number of nitrogens with one attached hydrogen (secondary N) is 1. The molecule has 2 aromatic carbocycles. The van der Waals surface area contributed by atoms with Gasteiger partial charge in [-0.05, 0) is 36.2 Å². The molecule has 0 aliphatic rings. The van der Waals surface area contributed by atoms with Gasteiger partial charge in [-0.2, -0.15) is 0 Å². The Labute approximate surface area is 199 Å². The van der Waals surface area contributed by atoms with Crippen LogP contribution in [0.25, 0.3) is 0 Å². The van der Waals surface area contributed by atoms with Crippen molar-refractivity contribution in [1.29, 1.82) is 0 Å². The zero-order valence-corrected chi connectivity index (χ0v) is 20.7. The van der Waals surface area contributed by atoms with Crippen LogP contribution in [0.15, 0.2) is 42.5 Å². The minimum absolute atomic E-state index is 0.0160. The van der Waals surface area contributed by atoms with E-state index in [4.69, 9.17) is 9.47 Å². The van der Waals surface area contributed by atoms with Crippen LogP contribution in [0.2, 0.25) is 0 Å². The van der Waals surface area contributed by atoms with Crippen LogP contribution in [0.5, 0.6) is 11.5 Å². The molecule has 0 spiro atoms. The van der Waals surface area contributed by atoms with Crippen molar-refractivity contribution in [2.75, 3.05) is 38.4 Å². The van der Waals surface area contributed by atoms with Gasteiger partial charge in [0.05, 0.1) is 26.2 Å². The summed E-state index contributed by atoms with van der Waals surface area (Å²) in [5.74, 6) is -0.856. The lowest BCUT2D eigenvalue weighted by atomic mass is 10.1. The Kier molecular flexibility index (Phi) is 9.25. The molecule has 0 radical (unpaired) electrons. The number of rotatable bonds is 11. The molecule has 0 saturated carbocycles. The number of anilines is 1. The van der Waals surface area contributed by atoms with Gasteiger partial charge in [0.2, 0.25) is 21.8 Å². The van der Waals surface area contributed by atoms with E-state index in [-0.39, 0.29) is 24.4 Å². The maximum Gasteiger partial charge on any atom is 0.244 e. The average molecular weight is 496 g/mol. The van der Waals surface area contributed by atoms with E-state index in [1.54, 1.807) is 13.0 Å². The van der Waals surface area contributed by atoms with Gasteiger partial charge in [-0.3, -0.25) is 13.9 Å². The molecule has 0 aliphatic heterocycles. The number of amides is 2. The fraction of sp³-hybridized carbons (Fsp3) is 0.391. The van der Waals surface area contributed by atoms with Gasteiger partial charge in [0.15, 0.2) is 0 Å². The number of halogens is 1. The first-order valence-corrected chi connectivity index (χ1v) is 12.4. The van der Waals surface area contributed by atoms with E-state index in [1.807, 2.05) is 0 Å². The summed E-state index contributed by atoms with van der Waals surface area (Å²) in [4.78, 5) is 27.3. The second-order valence-corrected chi connectivity index (χ2v) is 9.40. The lowest BCUT2D eigenvalue weighted by Gasteiger charge is -2.33. The van der Waals surface area contributed by atoms with Crippen LogP contribution in [0.1, 0.15) is 18.9 Å². The van der Waals surface area contributed by atoms with E-state index in [0.717, 1.165) is 10.6 Å². The first-order chi connectivity index (χ1) is 16.0. The van der Waals surface area contributed by atoms with Crippen LogP contribution in [-0.2, 0) is 26.2 Å². The second kappa shape index (κ2) is 11.7. The van der Waals surface area contributed by atoms with E-state index in [1.165, 1.54) is 62.6 Å². The summed E-state index contributed by atoms with van der Waals surface area (Å²) < 4.78 is 50.2. The summed E-state index contributed by atoms with van der Waals surface area (Å²) in [5, 5.41) is 2.53. The number of nitrogens with zero attached hydrogens (tertiary/aromatic N) is 2. The molecule has 9 nitrogen and oxygen atoms in total. The van der Waals surface area contributed by atoms with Crippen LogP contribution in [0.3, 0.4) is 0 Å². The predicted molar refractivity (Wildman–Crippen MR) is 127 cm³/mol. The maximum atomic E-state index is 13.5. The van der Waals surface area contributed by atoms with Gasteiger partial charge in [0.1, 0.15) is 29.9 Å². The maximum absolute atomic E-state index is 13.5. The van der Waals surface area contributed by atoms with Gasteiger partial charge < -0.3 is 19.7 Å². The monoisotopic (exact) mass is 495 g/mol. The molecular weight excluding hydrogens is 465 g/mol. The first kappa shape index (κ1) is 26.9. The fourth-order valence-corrected chi connectivity index (χ4v) is 4.30. The first-order valence-electron chi connectivity index (χ1n) is 10.5. The minimum Gasteiger partial charge on any atom is -0.497 e. The molecule has 2 amide bonds. The highest BCUT2D eigenvalue weighted by molar-refractivity contribution is 7.92. The normalized spacial score (nSPS) is 11.9. The Morgan fingerprint density at radius 3 is 2.24 bits per heavy atom. The molecule has 0 heterocycles. The number of methoxy groups -OCH3 is 2. The Balaban J connectivity index is 2.51. The SMILES string of the molecule is CCC(C(=O)NC)N(Cc1ccc(F)cc1)C(=O)CN(c1cc(OC)ccc1OC)S(C)(=O)=O. The van der Waals surface area contributed by atoms with Crippen molar-refractivity contribution in [3.8, 4) is 11.5 Å². The number of carbonyl (C=O) groups excluding carboxylic acids is 2. The summed E-state index contributed by atoms with van der Waals surface area (Å²) in [6.07, 6.45) is 1.26. The van der Waals surface area contributed by atoms with Crippen molar-refractivity contribution >= 4 is 27.5 Å². The largest absolute Gasteiger partial charge is 0.497 e. The number of sulfonamides is 1. The molecule has 2 aromatic rings. The third kappa shape index (κ3) is 6.60. The van der Waals surface area contributed by atoms with Crippen molar-refractivity contribution in [2.24, 2.45) is 0 Å². The topological polar surface area (TPSA) is 105 Å². The Bertz CT molecular complexity index is 1110. The lowest BCUT2D eigenvalue weighted by molar-refractivity contribution is -0.140. The molecule has 1 N–H and O–H groups in total. The molecule has 0 fully saturated rings. The molecule has 0 aliphatic carbocycles. The van der Waals surface area contributed by atoms with Gasteiger partial charge in [-0.15, -0.1) is 0 Å². The summed E-state index contributed by atoms with van der Waals surface area (Å²) in [5.41, 5.74) is 0.703. The van der Waals surface area contributed by atoms with E-state index >= 15 is 0 Å². The van der Waals surface area contributed by atoms with E-state index in [9.17, 15) is 22.4 Å². The van der Waals surface area contributed by atoms with E-state index < -0.39 is 40.2 Å². The number of hydrogen-bond donors (Lipinski definition) is 1. The smallest absolute Gasteiger partial charge is 0.244 e. The van der Waals surface area contributed by atoms with Crippen LogP contribution < -0.4 is 19.1 Å². The Hall–Kier alpha value is -3.34. The average Bonchev–Trinajstić information content (AvgIpc) is 2.82. The third-order valence-electron chi connectivity index (χ3n) is 5.23. The minimum atomic E-state index is -3.94. The molecule has 34 heavy (non-hydrogen) atoms. The van der Waals surface area contributed by atoms with Gasteiger partial charge in [-0.1, -0.05) is 19.1 Å². The number of benzene rings is 2. The summed E-state index contributed by atoms with van der Waals surface area (Å²) in [6, 6.07) is 9.24. The third-order valence-corrected chi connectivity index (χ3v) is 6.36. The molecule has 0 bridgehead atoms. The molecule has 0 saturated heterocycles. The molecule has 186 valence electrons. The molecule has 1 atom stereocenters. The second-order valence-electron chi connectivity index (χ2n) is 7.49. The quantitative estimate of drug-likeness (QED) is 0.512. The zero-order valence-electron chi connectivity index (χ0n) is 19.9. The molecule has 11 heteroatoms. The highest BCUT2D eigenvalue weighted by Crippen LogP contribution is 2.34. The highest BCUT2D eigenvalue weighted by Gasteiger charge is 2.32. The summed E-state index contributed by atoms with van der Waals surface area (Å²) in [6.45, 7) is 1.14. The van der Waals surface area contributed by atoms with Crippen molar-refractivity contribution in [1.82, 2.24) is 10.2 Å². The predicted octanol–water partition coefficient (Wildman–Crippen LogP) is 2.16. The Morgan fingerprint density at radius 1 is 1.09 bits per heavy atom. The van der Waals surface area contributed by atoms with Crippen LogP contribution in [0, 0.1) is 5.82 Å². The molecule has 0 aromatic heterocycles. The number of carbonyl (C=O) groups is 2. The van der Waals surface area contributed by atoms with Crippen LogP contribution in [-0.4, -0.2) is 65.2 Å². The van der Waals surface area contributed by atoms with Crippen LogP contribution >= 0.6 is 0 Å². The van der Waals surface area contributed by atoms with Gasteiger partial charge in [0.25, 0.3) is 0 Å². The van der Waals surface area contributed by atoms with Crippen LogP contribution in [0.4, 0.5) is 10.1 Å². The highest BCUT2D eigenvalue weighted by atomic mass is 32.2. The van der Waals surface area contributed by atoms with Crippen molar-refractivity contribution in [2.45, 2.75) is 25.9 Å². The van der Waals surface area contributed by atoms with Crippen molar-refractivity contribution in [3.05, 3.63) is 53.8 Å². The Morgan fingerprint density at radius 2 is 1.74 bits per heavy atom. The number of likely N-dealkylation sites (N-methyl/N-ethyl adjacent to an activating group) is 1. The molecule has 2 rings (SSSR count). The van der Waals surface area contributed by atoms with Crippen molar-refractivity contribution in [3.63, 3.8) is 0 Å². The van der Waals surface area contributed by atoms with E-state index in [2.05, 4.69) is 5.32 Å². The lowest BCUT2D eigenvalue weighted by Crippen LogP contribution is -2.51. The van der Waals surface area contributed by atoms with E-state index in [0.29, 0.717) is 11.3 Å². The van der Waals surface area contributed by atoms with Gasteiger partial charge >= 0.3 is 0 Å². The number of ether oxygens (including phenoxy) is 2. The zero-order chi connectivity index (χ0) is 25.5. The number of hydrogen-bond acceptors (Lipinski definition) is 6. The van der Waals surface area contributed by atoms with Gasteiger partial charge in [0, 0.05) is 19.7 Å². The fourth-order valence-electron chi connectivity index (χ4n) is 3.46. The van der Waals surface area contributed by atoms with Gasteiger partial charge in [-0.25, -0.2) is 12.8 Å². The molecular formula is C23H30FN3O6S. The standard InChI is InChI=1S/C23H30FN3O6S/c1-6-19(23(29)25-2)26(14-16-7-9-17(24)10-8-16)22(28)15-27(34(5,30)31)20-13-18(32-3)11-12-21(20)33-4/h7-13,19H,6,14-15H2,1-5H3,(H,25,29). The van der Waals surface area contributed by atoms with Crippen molar-refractivity contribution < 1.29 is 31.9 Å².